The molecule has 1 fully saturated rings. The summed E-state index contributed by atoms with van der Waals surface area (Å²) >= 11 is 2.91. The van der Waals surface area contributed by atoms with Gasteiger partial charge in [0, 0.05) is 30.1 Å². The number of hydrogen-bond donors (Lipinski definition) is 0. The zero-order chi connectivity index (χ0) is 25.2. The van der Waals surface area contributed by atoms with Crippen LogP contribution >= 0.6 is 23.1 Å². The minimum absolute atomic E-state index is 0.226. The number of rotatable bonds is 6. The molecule has 1 aromatic carbocycles. The molecule has 1 atom stereocenters. The van der Waals surface area contributed by atoms with Gasteiger partial charge in [0.25, 0.3) is 5.56 Å². The van der Waals surface area contributed by atoms with Crippen LogP contribution < -0.4 is 19.8 Å². The van der Waals surface area contributed by atoms with E-state index in [1.54, 1.807) is 36.3 Å². The number of furan rings is 1. The summed E-state index contributed by atoms with van der Waals surface area (Å²) in [7, 11) is 0. The lowest BCUT2D eigenvalue weighted by Crippen LogP contribution is -2.39. The summed E-state index contributed by atoms with van der Waals surface area (Å²) in [5.74, 6) is 0.877. The minimum Gasteiger partial charge on any atom is -0.463 e. The average Bonchev–Trinajstić information content (AvgIpc) is 3.48. The maximum absolute atomic E-state index is 13.7. The summed E-state index contributed by atoms with van der Waals surface area (Å²) in [6.45, 7) is 6.64. The highest BCUT2D eigenvalue weighted by Gasteiger charge is 2.33. The molecule has 0 bridgehead atoms. The van der Waals surface area contributed by atoms with Gasteiger partial charge in [0.2, 0.25) is 0 Å². The number of morpholine rings is 1. The monoisotopic (exact) mass is 525 g/mol. The number of thioether (sulfide) groups is 1. The quantitative estimate of drug-likeness (QED) is 0.361. The molecule has 4 heterocycles. The molecule has 0 saturated carbocycles. The fraction of sp³-hybridized carbons (Fsp3) is 0.346. The summed E-state index contributed by atoms with van der Waals surface area (Å²) in [6, 6.07) is 11.0. The number of benzene rings is 1. The Balaban J connectivity index is 1.60. The van der Waals surface area contributed by atoms with E-state index in [0.717, 1.165) is 29.4 Å². The molecule has 1 saturated heterocycles. The number of ether oxygens (including phenoxy) is 2. The number of esters is 1. The molecule has 2 aromatic heterocycles. The third-order valence-corrected chi connectivity index (χ3v) is 7.88. The second-order valence-corrected chi connectivity index (χ2v) is 10.2. The van der Waals surface area contributed by atoms with E-state index in [-0.39, 0.29) is 12.2 Å². The fourth-order valence-corrected chi connectivity index (χ4v) is 5.83. The number of thiazole rings is 1. The average molecular weight is 526 g/mol. The topological polar surface area (TPSA) is 86.3 Å². The number of nitrogens with zero attached hydrogens (tertiary/aromatic N) is 3. The van der Waals surface area contributed by atoms with E-state index in [4.69, 9.17) is 13.9 Å². The van der Waals surface area contributed by atoms with E-state index < -0.39 is 12.0 Å². The Hall–Kier alpha value is -3.08. The smallest absolute Gasteiger partial charge is 0.338 e. The van der Waals surface area contributed by atoms with Crippen molar-refractivity contribution < 1.29 is 18.7 Å². The molecule has 0 spiro atoms. The van der Waals surface area contributed by atoms with Crippen LogP contribution in [0.5, 0.6) is 0 Å². The van der Waals surface area contributed by atoms with Gasteiger partial charge < -0.3 is 18.8 Å². The summed E-state index contributed by atoms with van der Waals surface area (Å²) in [6.07, 6.45) is 3.75. The molecule has 3 aromatic rings. The summed E-state index contributed by atoms with van der Waals surface area (Å²) < 4.78 is 18.9. The Kier molecular flexibility index (Phi) is 7.17. The summed E-state index contributed by atoms with van der Waals surface area (Å²) in [4.78, 5) is 35.1. The predicted molar refractivity (Wildman–Crippen MR) is 140 cm³/mol. The van der Waals surface area contributed by atoms with Crippen molar-refractivity contribution in [2.45, 2.75) is 24.8 Å². The lowest BCUT2D eigenvalue weighted by molar-refractivity contribution is -0.139. The van der Waals surface area contributed by atoms with Crippen molar-refractivity contribution in [2.75, 3.05) is 44.1 Å². The zero-order valence-corrected chi connectivity index (χ0v) is 22.0. The molecule has 2 aliphatic heterocycles. The van der Waals surface area contributed by atoms with E-state index in [1.165, 1.54) is 11.3 Å². The van der Waals surface area contributed by atoms with Crippen molar-refractivity contribution in [3.05, 3.63) is 78.7 Å². The van der Waals surface area contributed by atoms with Crippen molar-refractivity contribution in [3.63, 3.8) is 0 Å². The number of hydrogen-bond acceptors (Lipinski definition) is 9. The van der Waals surface area contributed by atoms with Gasteiger partial charge in [0.1, 0.15) is 5.76 Å². The third kappa shape index (κ3) is 4.68. The number of carbonyl (C=O) groups excluding carboxylic acids is 1. The molecule has 0 amide bonds. The molecule has 10 heteroatoms. The first-order valence-corrected chi connectivity index (χ1v) is 13.8. The Morgan fingerprint density at radius 3 is 2.67 bits per heavy atom. The van der Waals surface area contributed by atoms with E-state index in [2.05, 4.69) is 9.89 Å². The van der Waals surface area contributed by atoms with Crippen molar-refractivity contribution >= 4 is 41.0 Å². The predicted octanol–water partition coefficient (Wildman–Crippen LogP) is 2.95. The van der Waals surface area contributed by atoms with E-state index >= 15 is 0 Å². The van der Waals surface area contributed by atoms with Gasteiger partial charge in [-0.1, -0.05) is 23.5 Å². The second kappa shape index (κ2) is 10.5. The van der Waals surface area contributed by atoms with Gasteiger partial charge >= 0.3 is 5.97 Å². The minimum atomic E-state index is -0.626. The van der Waals surface area contributed by atoms with Crippen LogP contribution in [-0.4, -0.2) is 49.7 Å². The van der Waals surface area contributed by atoms with E-state index in [1.807, 2.05) is 42.7 Å². The number of fused-ring (bicyclic) bond motifs is 1. The standard InChI is InChI=1S/C26H27N3O5S2/c1-4-33-25(31)22-16(2)27-26-29(23(22)17-5-8-19(35-3)9-6-17)24(30)20(36-26)15-18-7-10-21(34-18)28-11-13-32-14-12-28/h5-10,15,23H,4,11-14H2,1-3H3/b20-15+. The summed E-state index contributed by atoms with van der Waals surface area (Å²) in [5.41, 5.74) is 1.52. The van der Waals surface area contributed by atoms with Gasteiger partial charge in [0.15, 0.2) is 10.7 Å². The number of anilines is 1. The van der Waals surface area contributed by atoms with Crippen LogP contribution in [-0.2, 0) is 14.3 Å². The van der Waals surface area contributed by atoms with Crippen molar-refractivity contribution in [3.8, 4) is 0 Å². The van der Waals surface area contributed by atoms with Crippen molar-refractivity contribution in [2.24, 2.45) is 4.99 Å². The van der Waals surface area contributed by atoms with Crippen molar-refractivity contribution in [1.82, 2.24) is 4.57 Å². The maximum Gasteiger partial charge on any atom is 0.338 e. The van der Waals surface area contributed by atoms with Gasteiger partial charge in [-0.05, 0) is 43.9 Å². The highest BCUT2D eigenvalue weighted by atomic mass is 32.2. The van der Waals surface area contributed by atoms with E-state index in [9.17, 15) is 9.59 Å². The van der Waals surface area contributed by atoms with Crippen LogP contribution in [0.25, 0.3) is 6.08 Å². The first kappa shape index (κ1) is 24.6. The SMILES string of the molecule is CCOC(=O)C1=C(C)N=c2s/c(=C/c3ccc(N4CCOCC4)o3)c(=O)n2C1c1ccc(SC)cc1. The van der Waals surface area contributed by atoms with Gasteiger partial charge in [-0.2, -0.15) is 0 Å². The maximum atomic E-state index is 13.7. The molecule has 8 nitrogen and oxygen atoms in total. The number of carbonyl (C=O) groups is 1. The third-order valence-electron chi connectivity index (χ3n) is 6.16. The molecule has 1 unspecified atom stereocenters. The molecule has 0 N–H and O–H groups in total. The van der Waals surface area contributed by atoms with Crippen LogP contribution in [0.15, 0.2) is 66.8 Å². The van der Waals surface area contributed by atoms with Crippen LogP contribution in [0.1, 0.15) is 31.2 Å². The first-order valence-electron chi connectivity index (χ1n) is 11.8. The first-order chi connectivity index (χ1) is 17.5. The highest BCUT2D eigenvalue weighted by Crippen LogP contribution is 2.31. The number of allylic oxidation sites excluding steroid dienone is 1. The van der Waals surface area contributed by atoms with Gasteiger partial charge in [-0.25, -0.2) is 9.79 Å². The number of aromatic nitrogens is 1. The Labute approximate surface area is 216 Å². The molecule has 0 radical (unpaired) electrons. The zero-order valence-electron chi connectivity index (χ0n) is 20.4. The molecule has 0 aliphatic carbocycles. The van der Waals surface area contributed by atoms with E-state index in [0.29, 0.717) is 39.6 Å². The van der Waals surface area contributed by atoms with Gasteiger partial charge in [-0.3, -0.25) is 9.36 Å². The molecule has 36 heavy (non-hydrogen) atoms. The lowest BCUT2D eigenvalue weighted by Gasteiger charge is -2.26. The van der Waals surface area contributed by atoms with Crippen molar-refractivity contribution in [1.29, 1.82) is 0 Å². The molecular formula is C26H27N3O5S2. The normalized spacial score (nSPS) is 18.2. The Morgan fingerprint density at radius 2 is 1.97 bits per heavy atom. The Morgan fingerprint density at radius 1 is 1.22 bits per heavy atom. The lowest BCUT2D eigenvalue weighted by atomic mass is 9.96. The second-order valence-electron chi connectivity index (χ2n) is 8.35. The molecule has 2 aliphatic rings. The molecule has 5 rings (SSSR count). The van der Waals surface area contributed by atoms with Crippen LogP contribution in [0, 0.1) is 0 Å². The summed E-state index contributed by atoms with van der Waals surface area (Å²) in [5, 5.41) is 0. The largest absolute Gasteiger partial charge is 0.463 e. The fourth-order valence-electron chi connectivity index (χ4n) is 4.40. The highest BCUT2D eigenvalue weighted by molar-refractivity contribution is 7.98. The van der Waals surface area contributed by atoms with Gasteiger partial charge in [-0.15, -0.1) is 11.8 Å². The van der Waals surface area contributed by atoms with Gasteiger partial charge in [0.05, 0.1) is 41.7 Å². The molecule has 188 valence electrons. The van der Waals surface area contributed by atoms with Crippen LogP contribution in [0.2, 0.25) is 0 Å². The molecular weight excluding hydrogens is 498 g/mol. The Bertz CT molecular complexity index is 1480. The van der Waals surface area contributed by atoms with Crippen LogP contribution in [0.3, 0.4) is 0 Å². The van der Waals surface area contributed by atoms with Crippen LogP contribution in [0.4, 0.5) is 5.88 Å².